The molecule has 1 heterocycles. The summed E-state index contributed by atoms with van der Waals surface area (Å²) in [4.78, 5) is 0. The summed E-state index contributed by atoms with van der Waals surface area (Å²) in [6, 6.07) is 3.86. The first kappa shape index (κ1) is 9.29. The molecule has 0 bridgehead atoms. The fourth-order valence-corrected chi connectivity index (χ4v) is 1.46. The second-order valence-corrected chi connectivity index (χ2v) is 3.31. The molecule has 0 fully saturated rings. The van der Waals surface area contributed by atoms with Gasteiger partial charge in [-0.1, -0.05) is 0 Å². The van der Waals surface area contributed by atoms with Crippen molar-refractivity contribution in [2.45, 2.75) is 12.5 Å². The van der Waals surface area contributed by atoms with Crippen LogP contribution in [-0.2, 0) is 12.6 Å². The Morgan fingerprint density at radius 2 is 2.33 bits per heavy atom. The van der Waals surface area contributed by atoms with Gasteiger partial charge in [-0.2, -0.15) is 0 Å². The van der Waals surface area contributed by atoms with Gasteiger partial charge >= 0.3 is 0 Å². The van der Waals surface area contributed by atoms with Crippen LogP contribution in [0.4, 0.5) is 0 Å². The summed E-state index contributed by atoms with van der Waals surface area (Å²) in [6.45, 7) is 2.36. The highest BCUT2D eigenvalue weighted by atomic mass is 16.3. The summed E-state index contributed by atoms with van der Waals surface area (Å²) in [5.41, 5.74) is 0.143. The van der Waals surface area contributed by atoms with Gasteiger partial charge in [0.2, 0.25) is 0 Å². The van der Waals surface area contributed by atoms with E-state index in [2.05, 4.69) is 5.32 Å². The Morgan fingerprint density at radius 1 is 1.67 bits per heavy atom. The number of rotatable bonds is 3. The van der Waals surface area contributed by atoms with Crippen LogP contribution in [-0.4, -0.2) is 23.3 Å². The van der Waals surface area contributed by atoms with Gasteiger partial charge in [0.25, 0.3) is 0 Å². The highest BCUT2D eigenvalue weighted by Gasteiger charge is 2.23. The van der Waals surface area contributed by atoms with E-state index in [4.69, 9.17) is 0 Å². The molecular weight excluding hydrogens is 152 g/mol. The normalized spacial score (nSPS) is 16.0. The number of nitrogens with zero attached hydrogens (tertiary/aromatic N) is 1. The molecule has 1 atom stereocenters. The molecule has 3 heteroatoms. The molecular formula is C9H16N2O. The molecule has 68 valence electrons. The summed E-state index contributed by atoms with van der Waals surface area (Å²) >= 11 is 0. The molecule has 0 radical (unpaired) electrons. The lowest BCUT2D eigenvalue weighted by atomic mass is 10.0. The van der Waals surface area contributed by atoms with E-state index in [1.165, 1.54) is 0 Å². The summed E-state index contributed by atoms with van der Waals surface area (Å²) in [7, 11) is 3.76. The van der Waals surface area contributed by atoms with Crippen LogP contribution in [0.3, 0.4) is 0 Å². The Kier molecular flexibility index (Phi) is 2.55. The summed E-state index contributed by atoms with van der Waals surface area (Å²) in [6.07, 6.45) is 1.93. The summed E-state index contributed by atoms with van der Waals surface area (Å²) < 4.78 is 1.93. The number of likely N-dealkylation sites (N-methyl/N-ethyl adjacent to an activating group) is 1. The molecule has 0 spiro atoms. The Labute approximate surface area is 73.0 Å². The molecule has 0 saturated carbocycles. The van der Waals surface area contributed by atoms with Crippen molar-refractivity contribution in [3.8, 4) is 0 Å². The van der Waals surface area contributed by atoms with Crippen LogP contribution >= 0.6 is 0 Å². The Morgan fingerprint density at radius 3 is 2.75 bits per heavy atom. The van der Waals surface area contributed by atoms with Crippen LogP contribution in [0.25, 0.3) is 0 Å². The fourth-order valence-electron chi connectivity index (χ4n) is 1.46. The number of aryl methyl sites for hydroxylation is 1. The van der Waals surface area contributed by atoms with Crippen molar-refractivity contribution in [2.75, 3.05) is 13.6 Å². The van der Waals surface area contributed by atoms with E-state index in [0.717, 1.165) is 5.69 Å². The van der Waals surface area contributed by atoms with E-state index in [1.807, 2.05) is 37.0 Å². The molecule has 2 N–H and O–H groups in total. The molecule has 1 aromatic heterocycles. The number of aromatic nitrogens is 1. The van der Waals surface area contributed by atoms with Crippen molar-refractivity contribution in [1.29, 1.82) is 0 Å². The maximum absolute atomic E-state index is 9.97. The first-order valence-electron chi connectivity index (χ1n) is 4.07. The van der Waals surface area contributed by atoms with E-state index in [0.29, 0.717) is 6.54 Å². The van der Waals surface area contributed by atoms with Gasteiger partial charge in [0.15, 0.2) is 0 Å². The third-order valence-electron chi connectivity index (χ3n) is 2.02. The van der Waals surface area contributed by atoms with Gasteiger partial charge in [-0.05, 0) is 26.1 Å². The lowest BCUT2D eigenvalue weighted by molar-refractivity contribution is 0.0518. The number of nitrogens with one attached hydrogen (secondary N) is 1. The number of hydrogen-bond donors (Lipinski definition) is 2. The van der Waals surface area contributed by atoms with Crippen molar-refractivity contribution in [2.24, 2.45) is 7.05 Å². The van der Waals surface area contributed by atoms with Gasteiger partial charge in [0.05, 0.1) is 5.69 Å². The minimum atomic E-state index is -0.785. The van der Waals surface area contributed by atoms with Crippen molar-refractivity contribution < 1.29 is 5.11 Å². The van der Waals surface area contributed by atoms with Crippen LogP contribution < -0.4 is 5.32 Å². The standard InChI is InChI=1S/C9H16N2O/c1-9(12,7-10-2)8-5-4-6-11(8)3/h4-6,10,12H,7H2,1-3H3. The maximum Gasteiger partial charge on any atom is 0.114 e. The highest BCUT2D eigenvalue weighted by molar-refractivity contribution is 5.14. The molecule has 12 heavy (non-hydrogen) atoms. The van der Waals surface area contributed by atoms with Gasteiger partial charge in [0, 0.05) is 19.8 Å². The van der Waals surface area contributed by atoms with Crippen LogP contribution in [0, 0.1) is 0 Å². The molecule has 0 aliphatic rings. The minimum Gasteiger partial charge on any atom is -0.383 e. The first-order valence-corrected chi connectivity index (χ1v) is 4.07. The van der Waals surface area contributed by atoms with Crippen LogP contribution in [0.2, 0.25) is 0 Å². The van der Waals surface area contributed by atoms with Crippen LogP contribution in [0.5, 0.6) is 0 Å². The molecule has 0 aliphatic carbocycles. The van der Waals surface area contributed by atoms with Gasteiger partial charge in [-0.25, -0.2) is 0 Å². The lowest BCUT2D eigenvalue weighted by Gasteiger charge is -2.23. The molecule has 1 rings (SSSR count). The zero-order chi connectivity index (χ0) is 9.19. The van der Waals surface area contributed by atoms with E-state index in [-0.39, 0.29) is 0 Å². The smallest absolute Gasteiger partial charge is 0.114 e. The van der Waals surface area contributed by atoms with E-state index >= 15 is 0 Å². The van der Waals surface area contributed by atoms with E-state index < -0.39 is 5.60 Å². The molecule has 3 nitrogen and oxygen atoms in total. The Balaban J connectivity index is 2.88. The average molecular weight is 168 g/mol. The Hall–Kier alpha value is -0.800. The third kappa shape index (κ3) is 1.68. The van der Waals surface area contributed by atoms with Crippen LogP contribution in [0.15, 0.2) is 18.3 Å². The van der Waals surface area contributed by atoms with E-state index in [9.17, 15) is 5.11 Å². The van der Waals surface area contributed by atoms with Crippen LogP contribution in [0.1, 0.15) is 12.6 Å². The predicted octanol–water partition coefficient (Wildman–Crippen LogP) is 0.452. The molecule has 0 aromatic carbocycles. The quantitative estimate of drug-likeness (QED) is 0.687. The first-order chi connectivity index (χ1) is 5.58. The predicted molar refractivity (Wildman–Crippen MR) is 48.9 cm³/mol. The summed E-state index contributed by atoms with van der Waals surface area (Å²) in [5.74, 6) is 0. The average Bonchev–Trinajstić information content (AvgIpc) is 2.35. The van der Waals surface area contributed by atoms with Crippen molar-refractivity contribution in [1.82, 2.24) is 9.88 Å². The topological polar surface area (TPSA) is 37.2 Å². The zero-order valence-electron chi connectivity index (χ0n) is 7.83. The van der Waals surface area contributed by atoms with E-state index in [1.54, 1.807) is 6.92 Å². The molecule has 0 aliphatic heterocycles. The molecule has 1 unspecified atom stereocenters. The lowest BCUT2D eigenvalue weighted by Crippen LogP contribution is -2.35. The second kappa shape index (κ2) is 3.29. The van der Waals surface area contributed by atoms with Gasteiger partial charge in [-0.15, -0.1) is 0 Å². The molecule has 0 saturated heterocycles. The van der Waals surface area contributed by atoms with Crippen molar-refractivity contribution in [3.63, 3.8) is 0 Å². The van der Waals surface area contributed by atoms with Gasteiger partial charge in [0.1, 0.15) is 5.60 Å². The largest absolute Gasteiger partial charge is 0.383 e. The fraction of sp³-hybridized carbons (Fsp3) is 0.556. The highest BCUT2D eigenvalue weighted by Crippen LogP contribution is 2.18. The summed E-state index contributed by atoms with van der Waals surface area (Å²) in [5, 5.41) is 12.9. The third-order valence-corrected chi connectivity index (χ3v) is 2.02. The monoisotopic (exact) mass is 168 g/mol. The SMILES string of the molecule is CNCC(C)(O)c1cccn1C. The van der Waals surface area contributed by atoms with Crippen molar-refractivity contribution in [3.05, 3.63) is 24.0 Å². The second-order valence-electron chi connectivity index (χ2n) is 3.31. The van der Waals surface area contributed by atoms with Gasteiger partial charge in [-0.3, -0.25) is 0 Å². The number of hydrogen-bond acceptors (Lipinski definition) is 2. The molecule has 1 aromatic rings. The molecule has 0 amide bonds. The maximum atomic E-state index is 9.97. The van der Waals surface area contributed by atoms with Crippen molar-refractivity contribution >= 4 is 0 Å². The Bertz CT molecular complexity index is 253. The zero-order valence-corrected chi connectivity index (χ0v) is 7.83. The number of aliphatic hydroxyl groups is 1. The minimum absolute atomic E-state index is 0.560. The van der Waals surface area contributed by atoms with Gasteiger partial charge < -0.3 is 15.0 Å².